The number of carbonyl (C=O) groups is 1. The summed E-state index contributed by atoms with van der Waals surface area (Å²) < 4.78 is 10.9. The largest absolute Gasteiger partial charge is 0.497 e. The number of fused-ring (bicyclic) bond motifs is 1. The Balaban J connectivity index is 1.88. The Morgan fingerprint density at radius 2 is 1.95 bits per heavy atom. The molecule has 1 aliphatic heterocycles. The first-order valence-electron chi connectivity index (χ1n) is 7.32. The van der Waals surface area contributed by atoms with Gasteiger partial charge in [0.05, 0.1) is 31.0 Å². The molecule has 1 saturated carbocycles. The lowest BCUT2D eigenvalue weighted by molar-refractivity contribution is -0.130. The summed E-state index contributed by atoms with van der Waals surface area (Å²) in [6, 6.07) is 7.41. The number of aliphatic hydroxyl groups excluding tert-OH is 1. The molecule has 4 atom stereocenters. The molecular formula is C17H20O4. The van der Waals surface area contributed by atoms with Crippen LogP contribution in [0, 0.1) is 11.8 Å². The highest BCUT2D eigenvalue weighted by Crippen LogP contribution is 2.39. The third-order valence-electron chi connectivity index (χ3n) is 4.49. The number of aliphatic hydroxyl groups is 1. The van der Waals surface area contributed by atoms with Crippen molar-refractivity contribution in [2.45, 2.75) is 32.0 Å². The Labute approximate surface area is 124 Å². The van der Waals surface area contributed by atoms with Crippen LogP contribution in [0.5, 0.6) is 5.75 Å². The van der Waals surface area contributed by atoms with Gasteiger partial charge in [-0.2, -0.15) is 0 Å². The van der Waals surface area contributed by atoms with Crippen LogP contribution in [0.15, 0.2) is 30.5 Å². The van der Waals surface area contributed by atoms with Gasteiger partial charge in [-0.15, -0.1) is 0 Å². The molecule has 0 radical (unpaired) electrons. The number of allylic oxidation sites excluding steroid dienone is 1. The Morgan fingerprint density at radius 1 is 1.24 bits per heavy atom. The zero-order valence-electron chi connectivity index (χ0n) is 12.3. The van der Waals surface area contributed by atoms with Crippen molar-refractivity contribution in [1.82, 2.24) is 0 Å². The van der Waals surface area contributed by atoms with Gasteiger partial charge in [-0.3, -0.25) is 4.79 Å². The molecule has 1 N–H and O–H groups in total. The van der Waals surface area contributed by atoms with Gasteiger partial charge in [-0.05, 0) is 30.0 Å². The molecule has 0 aromatic heterocycles. The van der Waals surface area contributed by atoms with Crippen LogP contribution in [0.25, 0.3) is 5.57 Å². The molecule has 0 spiro atoms. The highest BCUT2D eigenvalue weighted by atomic mass is 16.5. The minimum atomic E-state index is -0.370. The summed E-state index contributed by atoms with van der Waals surface area (Å²) in [6.07, 6.45) is 2.18. The number of carbonyl (C=O) groups excluding carboxylic acids is 1. The van der Waals surface area contributed by atoms with E-state index in [1.165, 1.54) is 0 Å². The Kier molecular flexibility index (Phi) is 3.72. The average Bonchev–Trinajstić information content (AvgIpc) is 2.47. The molecule has 2 aliphatic rings. The SMILES string of the molecule is COc1ccc(C2=COC3CC(O)CC(C)C3C2=O)cc1. The van der Waals surface area contributed by atoms with E-state index in [0.717, 1.165) is 11.3 Å². The summed E-state index contributed by atoms with van der Waals surface area (Å²) in [5, 5.41) is 9.82. The van der Waals surface area contributed by atoms with E-state index in [4.69, 9.17) is 9.47 Å². The predicted octanol–water partition coefficient (Wildman–Crippen LogP) is 2.41. The average molecular weight is 288 g/mol. The van der Waals surface area contributed by atoms with Crippen LogP contribution in [0.2, 0.25) is 0 Å². The van der Waals surface area contributed by atoms with Gasteiger partial charge < -0.3 is 14.6 Å². The van der Waals surface area contributed by atoms with Gasteiger partial charge in [-0.1, -0.05) is 19.1 Å². The number of hydrogen-bond acceptors (Lipinski definition) is 4. The zero-order chi connectivity index (χ0) is 15.0. The van der Waals surface area contributed by atoms with E-state index in [9.17, 15) is 9.90 Å². The fourth-order valence-electron chi connectivity index (χ4n) is 3.39. The quantitative estimate of drug-likeness (QED) is 0.908. The second-order valence-corrected chi connectivity index (χ2v) is 5.93. The molecule has 0 bridgehead atoms. The first kappa shape index (κ1) is 14.1. The van der Waals surface area contributed by atoms with Gasteiger partial charge in [-0.25, -0.2) is 0 Å². The van der Waals surface area contributed by atoms with Crippen LogP contribution < -0.4 is 4.74 Å². The van der Waals surface area contributed by atoms with E-state index in [0.29, 0.717) is 18.4 Å². The molecule has 0 amide bonds. The highest BCUT2D eigenvalue weighted by molar-refractivity contribution is 6.22. The summed E-state index contributed by atoms with van der Waals surface area (Å²) in [5.41, 5.74) is 1.46. The van der Waals surface area contributed by atoms with E-state index in [1.807, 2.05) is 31.2 Å². The number of Topliss-reactive ketones (excluding diaryl/α,β-unsaturated/α-hetero) is 1. The molecule has 1 fully saturated rings. The van der Waals surface area contributed by atoms with E-state index in [2.05, 4.69) is 0 Å². The number of benzene rings is 1. The molecule has 21 heavy (non-hydrogen) atoms. The van der Waals surface area contributed by atoms with Crippen LogP contribution in [-0.2, 0) is 9.53 Å². The molecule has 4 nitrogen and oxygen atoms in total. The molecule has 1 aromatic rings. The minimum absolute atomic E-state index is 0.121. The maximum atomic E-state index is 12.8. The van der Waals surface area contributed by atoms with Crippen molar-refractivity contribution in [3.05, 3.63) is 36.1 Å². The minimum Gasteiger partial charge on any atom is -0.497 e. The van der Waals surface area contributed by atoms with Crippen molar-refractivity contribution < 1.29 is 19.4 Å². The van der Waals surface area contributed by atoms with Gasteiger partial charge in [0.1, 0.15) is 11.9 Å². The molecule has 1 aromatic carbocycles. The lowest BCUT2D eigenvalue weighted by Crippen LogP contribution is -2.45. The first-order valence-corrected chi connectivity index (χ1v) is 7.32. The third kappa shape index (κ3) is 2.56. The smallest absolute Gasteiger partial charge is 0.173 e. The van der Waals surface area contributed by atoms with E-state index >= 15 is 0 Å². The Bertz CT molecular complexity index is 561. The Morgan fingerprint density at radius 3 is 2.62 bits per heavy atom. The van der Waals surface area contributed by atoms with Crippen molar-refractivity contribution in [2.75, 3.05) is 7.11 Å². The normalized spacial score (nSPS) is 32.0. The Hall–Kier alpha value is -1.81. The monoisotopic (exact) mass is 288 g/mol. The van der Waals surface area contributed by atoms with Crippen LogP contribution in [0.3, 0.4) is 0 Å². The second kappa shape index (κ2) is 5.53. The number of methoxy groups -OCH3 is 1. The van der Waals surface area contributed by atoms with Crippen LogP contribution in [-0.4, -0.2) is 30.2 Å². The number of hydrogen-bond donors (Lipinski definition) is 1. The fourth-order valence-corrected chi connectivity index (χ4v) is 3.39. The standard InChI is InChI=1S/C17H20O4/c1-10-7-12(18)8-15-16(10)17(19)14(9-21-15)11-3-5-13(20-2)6-4-11/h3-6,9-10,12,15-16,18H,7-8H2,1-2H3. The predicted molar refractivity (Wildman–Crippen MR) is 78.7 cm³/mol. The summed E-state index contributed by atoms with van der Waals surface area (Å²) >= 11 is 0. The molecule has 4 heteroatoms. The highest BCUT2D eigenvalue weighted by Gasteiger charge is 2.43. The molecular weight excluding hydrogens is 268 g/mol. The number of rotatable bonds is 2. The summed E-state index contributed by atoms with van der Waals surface area (Å²) in [5.74, 6) is 0.857. The lowest BCUT2D eigenvalue weighted by atomic mass is 9.72. The molecule has 0 saturated heterocycles. The van der Waals surface area contributed by atoms with Gasteiger partial charge in [0.2, 0.25) is 0 Å². The number of ether oxygens (including phenoxy) is 2. The molecule has 1 heterocycles. The van der Waals surface area contributed by atoms with Crippen LogP contribution in [0.4, 0.5) is 0 Å². The number of ketones is 1. The fraction of sp³-hybridized carbons (Fsp3) is 0.471. The van der Waals surface area contributed by atoms with Crippen molar-refractivity contribution in [3.63, 3.8) is 0 Å². The zero-order valence-corrected chi connectivity index (χ0v) is 12.3. The van der Waals surface area contributed by atoms with E-state index in [1.54, 1.807) is 13.4 Å². The molecule has 4 unspecified atom stereocenters. The maximum absolute atomic E-state index is 12.8. The summed E-state index contributed by atoms with van der Waals surface area (Å²) in [4.78, 5) is 12.8. The van der Waals surface area contributed by atoms with Crippen molar-refractivity contribution in [3.8, 4) is 5.75 Å². The summed E-state index contributed by atoms with van der Waals surface area (Å²) in [6.45, 7) is 2.01. The van der Waals surface area contributed by atoms with Crippen molar-refractivity contribution >= 4 is 11.4 Å². The molecule has 1 aliphatic carbocycles. The lowest BCUT2D eigenvalue weighted by Gasteiger charge is -2.40. The third-order valence-corrected chi connectivity index (χ3v) is 4.49. The van der Waals surface area contributed by atoms with Gasteiger partial charge >= 0.3 is 0 Å². The second-order valence-electron chi connectivity index (χ2n) is 5.93. The van der Waals surface area contributed by atoms with Crippen LogP contribution >= 0.6 is 0 Å². The molecule has 3 rings (SSSR count). The topological polar surface area (TPSA) is 55.8 Å². The first-order chi connectivity index (χ1) is 10.1. The molecule has 112 valence electrons. The summed E-state index contributed by atoms with van der Waals surface area (Å²) in [7, 11) is 1.61. The van der Waals surface area contributed by atoms with Crippen molar-refractivity contribution in [1.29, 1.82) is 0 Å². The maximum Gasteiger partial charge on any atom is 0.173 e. The van der Waals surface area contributed by atoms with Crippen LogP contribution in [0.1, 0.15) is 25.3 Å². The van der Waals surface area contributed by atoms with Gasteiger partial charge in [0.15, 0.2) is 5.78 Å². The van der Waals surface area contributed by atoms with Gasteiger partial charge in [0.25, 0.3) is 0 Å². The van der Waals surface area contributed by atoms with Crippen molar-refractivity contribution in [2.24, 2.45) is 11.8 Å². The van der Waals surface area contributed by atoms with Gasteiger partial charge in [0, 0.05) is 6.42 Å². The van der Waals surface area contributed by atoms with E-state index in [-0.39, 0.29) is 29.8 Å². The van der Waals surface area contributed by atoms with E-state index < -0.39 is 0 Å².